The molecule has 1 unspecified atom stereocenters. The third kappa shape index (κ3) is 3.90. The van der Waals surface area contributed by atoms with Gasteiger partial charge in [0.25, 0.3) is 0 Å². The van der Waals surface area contributed by atoms with Crippen molar-refractivity contribution in [1.29, 1.82) is 0 Å². The number of halogens is 3. The first-order valence-electron chi connectivity index (χ1n) is 9.87. The van der Waals surface area contributed by atoms with Crippen molar-refractivity contribution in [2.75, 3.05) is 13.1 Å². The molecule has 1 saturated heterocycles. The molecule has 0 spiro atoms. The summed E-state index contributed by atoms with van der Waals surface area (Å²) in [6, 6.07) is 6.34. The van der Waals surface area contributed by atoms with Gasteiger partial charge in [0.2, 0.25) is 5.91 Å². The number of amides is 1. The molecule has 28 heavy (non-hydrogen) atoms. The van der Waals surface area contributed by atoms with E-state index in [0.29, 0.717) is 12.3 Å². The van der Waals surface area contributed by atoms with Crippen LogP contribution in [0, 0.1) is 5.92 Å². The van der Waals surface area contributed by atoms with Crippen LogP contribution < -0.4 is 0 Å². The number of carbonyl (C=O) groups is 1. The maximum absolute atomic E-state index is 12.1. The molecular weight excluding hydrogens is 504 g/mol. The summed E-state index contributed by atoms with van der Waals surface area (Å²) in [6.45, 7) is 3.61. The van der Waals surface area contributed by atoms with Crippen LogP contribution in [0.3, 0.4) is 0 Å². The van der Waals surface area contributed by atoms with Gasteiger partial charge in [-0.25, -0.2) is 0 Å². The molecule has 148 valence electrons. The van der Waals surface area contributed by atoms with Crippen LogP contribution in [0.4, 0.5) is 0 Å². The Morgan fingerprint density at radius 1 is 1.18 bits per heavy atom. The minimum atomic E-state index is 0.228. The maximum atomic E-state index is 12.1. The minimum Gasteiger partial charge on any atom is -0.343 e. The Bertz CT molecular complexity index is 910. The number of fused-ring (bicyclic) bond motifs is 2. The molecule has 1 aromatic heterocycles. The third-order valence-corrected chi connectivity index (χ3v) is 7.39. The lowest BCUT2D eigenvalue weighted by molar-refractivity contribution is -0.132. The van der Waals surface area contributed by atoms with E-state index < -0.39 is 0 Å². The largest absolute Gasteiger partial charge is 0.343 e. The highest BCUT2D eigenvalue weighted by Gasteiger charge is 2.36. The lowest BCUT2D eigenvalue weighted by Gasteiger charge is -2.37. The van der Waals surface area contributed by atoms with E-state index in [1.165, 1.54) is 22.4 Å². The van der Waals surface area contributed by atoms with Crippen molar-refractivity contribution in [2.45, 2.75) is 44.9 Å². The molecule has 2 aromatic rings. The first kappa shape index (κ1) is 20.4. The summed E-state index contributed by atoms with van der Waals surface area (Å²) >= 11 is 13.8. The molecule has 1 atom stereocenters. The number of aryl methyl sites for hydroxylation is 2. The van der Waals surface area contributed by atoms with E-state index in [4.69, 9.17) is 16.6 Å². The molecule has 0 radical (unpaired) electrons. The predicted octanol–water partition coefficient (Wildman–Crippen LogP) is 6.14. The van der Waals surface area contributed by atoms with Crippen LogP contribution in [0.2, 0.25) is 5.02 Å². The van der Waals surface area contributed by atoms with Crippen LogP contribution in [0.15, 0.2) is 33.3 Å². The van der Waals surface area contributed by atoms with Gasteiger partial charge in [-0.05, 0) is 82.4 Å². The number of hydrogen-bond donors (Lipinski definition) is 0. The van der Waals surface area contributed by atoms with Gasteiger partial charge in [0.05, 0.1) is 5.69 Å². The van der Waals surface area contributed by atoms with Crippen molar-refractivity contribution in [3.8, 4) is 0 Å². The number of hydrogen-bond acceptors (Lipinski definition) is 2. The molecule has 1 aliphatic heterocycles. The zero-order chi connectivity index (χ0) is 19.8. The Balaban J connectivity index is 1.76. The number of piperidine rings is 1. The summed E-state index contributed by atoms with van der Waals surface area (Å²) in [5.74, 6) is 0.948. The van der Waals surface area contributed by atoms with Gasteiger partial charge in [-0.3, -0.25) is 9.78 Å². The van der Waals surface area contributed by atoms with Gasteiger partial charge in [-0.1, -0.05) is 34.5 Å². The van der Waals surface area contributed by atoms with Gasteiger partial charge in [-0.2, -0.15) is 0 Å². The normalized spacial score (nSPS) is 19.7. The summed E-state index contributed by atoms with van der Waals surface area (Å²) in [5.41, 5.74) is 5.14. The maximum Gasteiger partial charge on any atom is 0.222 e. The van der Waals surface area contributed by atoms with Crippen molar-refractivity contribution in [1.82, 2.24) is 9.88 Å². The summed E-state index contributed by atoms with van der Waals surface area (Å²) < 4.78 is 2.10. The second-order valence-electron chi connectivity index (χ2n) is 7.71. The highest BCUT2D eigenvalue weighted by atomic mass is 79.9. The molecule has 3 nitrogen and oxygen atoms in total. The van der Waals surface area contributed by atoms with Gasteiger partial charge in [-0.15, -0.1) is 0 Å². The number of rotatable bonds is 2. The van der Waals surface area contributed by atoms with Crippen LogP contribution in [-0.4, -0.2) is 28.9 Å². The average Bonchev–Trinajstić information content (AvgIpc) is 2.84. The molecule has 1 amide bonds. The Morgan fingerprint density at radius 3 is 2.61 bits per heavy atom. The van der Waals surface area contributed by atoms with Gasteiger partial charge in [0.1, 0.15) is 0 Å². The topological polar surface area (TPSA) is 33.2 Å². The third-order valence-electron chi connectivity index (χ3n) is 6.08. The Hall–Kier alpha value is -0.910. The highest BCUT2D eigenvalue weighted by molar-refractivity contribution is 9.10. The van der Waals surface area contributed by atoms with E-state index in [0.717, 1.165) is 52.7 Å². The quantitative estimate of drug-likeness (QED) is 0.471. The van der Waals surface area contributed by atoms with E-state index >= 15 is 0 Å². The molecule has 0 N–H and O–H groups in total. The Labute approximate surface area is 188 Å². The molecule has 1 aliphatic carbocycles. The highest BCUT2D eigenvalue weighted by Crippen LogP contribution is 2.46. The number of nitrogens with zero attached hydrogens (tertiary/aromatic N) is 2. The monoisotopic (exact) mass is 524 g/mol. The fourth-order valence-electron chi connectivity index (χ4n) is 4.74. The first-order valence-corrected chi connectivity index (χ1v) is 11.8. The second kappa shape index (κ2) is 8.45. The zero-order valence-electron chi connectivity index (χ0n) is 15.9. The molecular formula is C22H23Br2ClN2O. The lowest BCUT2D eigenvalue weighted by Crippen LogP contribution is -2.39. The van der Waals surface area contributed by atoms with Crippen molar-refractivity contribution in [3.05, 3.63) is 60.7 Å². The van der Waals surface area contributed by atoms with Crippen molar-refractivity contribution in [2.24, 2.45) is 5.92 Å². The van der Waals surface area contributed by atoms with Crippen LogP contribution >= 0.6 is 43.5 Å². The van der Waals surface area contributed by atoms with Gasteiger partial charge < -0.3 is 4.90 Å². The molecule has 1 aromatic carbocycles. The lowest BCUT2D eigenvalue weighted by atomic mass is 9.76. The summed E-state index contributed by atoms with van der Waals surface area (Å²) in [5, 5.41) is 0.771. The van der Waals surface area contributed by atoms with E-state index in [2.05, 4.69) is 44.0 Å². The van der Waals surface area contributed by atoms with E-state index in [-0.39, 0.29) is 11.8 Å². The average molecular weight is 527 g/mol. The Morgan fingerprint density at radius 2 is 1.89 bits per heavy atom. The van der Waals surface area contributed by atoms with E-state index in [9.17, 15) is 4.79 Å². The molecule has 0 saturated carbocycles. The fraction of sp³-hybridized carbons (Fsp3) is 0.455. The van der Waals surface area contributed by atoms with Crippen LogP contribution in [0.1, 0.15) is 54.5 Å². The van der Waals surface area contributed by atoms with Gasteiger partial charge in [0, 0.05) is 45.6 Å². The van der Waals surface area contributed by atoms with Crippen molar-refractivity contribution < 1.29 is 4.79 Å². The number of aromatic nitrogens is 1. The van der Waals surface area contributed by atoms with Crippen LogP contribution in [0.25, 0.3) is 0 Å². The number of carbonyl (C=O) groups excluding carboxylic acids is 1. The van der Waals surface area contributed by atoms with Crippen molar-refractivity contribution in [3.63, 3.8) is 0 Å². The summed E-state index contributed by atoms with van der Waals surface area (Å²) in [4.78, 5) is 19.0. The summed E-state index contributed by atoms with van der Waals surface area (Å²) in [7, 11) is 0. The van der Waals surface area contributed by atoms with Crippen LogP contribution in [0.5, 0.6) is 0 Å². The van der Waals surface area contributed by atoms with E-state index in [1.54, 1.807) is 0 Å². The van der Waals surface area contributed by atoms with Crippen molar-refractivity contribution >= 4 is 49.4 Å². The second-order valence-corrected chi connectivity index (χ2v) is 9.91. The predicted molar refractivity (Wildman–Crippen MR) is 120 cm³/mol. The zero-order valence-corrected chi connectivity index (χ0v) is 19.8. The molecule has 6 heteroatoms. The molecule has 1 fully saturated rings. The van der Waals surface area contributed by atoms with Gasteiger partial charge in [0.15, 0.2) is 0 Å². The summed E-state index contributed by atoms with van der Waals surface area (Å²) in [6.07, 6.45) is 6.43. The molecule has 4 rings (SSSR count). The number of pyridine rings is 1. The first-order chi connectivity index (χ1) is 13.5. The standard InChI is InChI=1S/C22H23Br2ClN2O/c1-2-19(28)27-7-5-13(6-8-27)21-20-14(10-17(25)11-18(20)24)3-4-15-9-16(23)12-26-22(15)21/h9-13,21H,2-8H2,1H3. The molecule has 0 bridgehead atoms. The number of likely N-dealkylation sites (tertiary alicyclic amines) is 1. The smallest absolute Gasteiger partial charge is 0.222 e. The molecule has 2 aliphatic rings. The fourth-order valence-corrected chi connectivity index (χ4v) is 6.24. The number of benzene rings is 1. The SMILES string of the molecule is CCC(=O)N1CCC(C2c3ncc(Br)cc3CCc3cc(Cl)cc(Br)c32)CC1. The van der Waals surface area contributed by atoms with E-state index in [1.807, 2.05) is 24.1 Å². The van der Waals surface area contributed by atoms with Crippen LogP contribution in [-0.2, 0) is 17.6 Å². The minimum absolute atomic E-state index is 0.228. The molecule has 2 heterocycles. The van der Waals surface area contributed by atoms with Gasteiger partial charge >= 0.3 is 0 Å². The Kier molecular flexibility index (Phi) is 6.15.